The van der Waals surface area contributed by atoms with Gasteiger partial charge in [-0.05, 0) is 45.0 Å². The second kappa shape index (κ2) is 7.72. The summed E-state index contributed by atoms with van der Waals surface area (Å²) in [4.78, 5) is 19.8. The van der Waals surface area contributed by atoms with Gasteiger partial charge < -0.3 is 9.84 Å². The van der Waals surface area contributed by atoms with E-state index >= 15 is 0 Å². The fraction of sp³-hybridized carbons (Fsp3) is 0.190. The van der Waals surface area contributed by atoms with Gasteiger partial charge in [0.1, 0.15) is 17.6 Å². The summed E-state index contributed by atoms with van der Waals surface area (Å²) in [6, 6.07) is 8.76. The molecule has 1 atom stereocenters. The van der Waals surface area contributed by atoms with E-state index in [2.05, 4.69) is 20.4 Å². The van der Waals surface area contributed by atoms with E-state index in [4.69, 9.17) is 16.1 Å². The van der Waals surface area contributed by atoms with Crippen molar-refractivity contribution < 1.29 is 9.45 Å². The lowest BCUT2D eigenvalue weighted by Gasteiger charge is -2.17. The molecule has 0 spiro atoms. The Morgan fingerprint density at radius 3 is 2.67 bits per heavy atom. The van der Waals surface area contributed by atoms with E-state index in [1.165, 1.54) is 6.20 Å². The second-order valence-corrected chi connectivity index (χ2v) is 7.35. The van der Waals surface area contributed by atoms with Crippen LogP contribution in [0.25, 0.3) is 22.0 Å². The van der Waals surface area contributed by atoms with Crippen molar-refractivity contribution in [3.05, 3.63) is 75.0 Å². The zero-order valence-electron chi connectivity index (χ0n) is 16.5. The van der Waals surface area contributed by atoms with Crippen molar-refractivity contribution in [3.63, 3.8) is 0 Å². The first-order valence-electron chi connectivity index (χ1n) is 9.24. The predicted octanol–water partition coefficient (Wildman–Crippen LogP) is 5.64. The van der Waals surface area contributed by atoms with Crippen molar-refractivity contribution in [2.45, 2.75) is 26.8 Å². The minimum Gasteiger partial charge on any atom is -0.371 e. The van der Waals surface area contributed by atoms with Crippen molar-refractivity contribution >= 4 is 33.9 Å². The molecule has 0 radical (unpaired) electrons. The molecule has 0 bridgehead atoms. The number of rotatable bonds is 5. The first-order chi connectivity index (χ1) is 14.4. The number of fused-ring (bicyclic) bond motifs is 1. The van der Waals surface area contributed by atoms with Crippen LogP contribution in [-0.2, 0) is 0 Å². The molecule has 152 valence electrons. The van der Waals surface area contributed by atoms with Gasteiger partial charge in [0.15, 0.2) is 0 Å². The zero-order chi connectivity index (χ0) is 21.4. The number of halogens is 1. The molecule has 0 fully saturated rings. The number of hydrogen-bond acceptors (Lipinski definition) is 7. The van der Waals surface area contributed by atoms with Gasteiger partial charge in [-0.2, -0.15) is 0 Å². The summed E-state index contributed by atoms with van der Waals surface area (Å²) in [5, 5.41) is 19.8. The third-order valence-electron chi connectivity index (χ3n) is 4.93. The Labute approximate surface area is 177 Å². The largest absolute Gasteiger partial charge is 0.371 e. The zero-order valence-corrected chi connectivity index (χ0v) is 17.3. The van der Waals surface area contributed by atoms with Crippen LogP contribution in [0.3, 0.4) is 0 Å². The van der Waals surface area contributed by atoms with E-state index in [0.717, 1.165) is 11.3 Å². The molecule has 0 aliphatic carbocycles. The standard InChI is InChI=1S/C21H18ClN5O3/c1-11(17-6-4-5-7-23-17)25-21-15-8-16(22)14(20-12(2)26-30-13(20)3)9-18(15)24-10-19(21)27(28)29/h4-11H,1-3H3,(H,24,25)/t11-/m1/s1. The molecule has 4 aromatic rings. The van der Waals surface area contributed by atoms with Crippen molar-refractivity contribution in [1.29, 1.82) is 0 Å². The number of pyridine rings is 2. The Bertz CT molecular complexity index is 1240. The molecule has 1 N–H and O–H groups in total. The molecule has 0 unspecified atom stereocenters. The molecular weight excluding hydrogens is 406 g/mol. The van der Waals surface area contributed by atoms with Gasteiger partial charge in [0.2, 0.25) is 0 Å². The van der Waals surface area contributed by atoms with Gasteiger partial charge in [0.05, 0.1) is 27.9 Å². The highest BCUT2D eigenvalue weighted by atomic mass is 35.5. The fourth-order valence-electron chi connectivity index (χ4n) is 3.47. The number of hydrogen-bond donors (Lipinski definition) is 1. The summed E-state index contributed by atoms with van der Waals surface area (Å²) in [6.07, 6.45) is 2.93. The molecule has 1 aromatic carbocycles. The first-order valence-corrected chi connectivity index (χ1v) is 9.62. The third-order valence-corrected chi connectivity index (χ3v) is 5.24. The summed E-state index contributed by atoms with van der Waals surface area (Å²) in [5.41, 5.74) is 3.74. The van der Waals surface area contributed by atoms with Crippen LogP contribution in [0.2, 0.25) is 5.02 Å². The maximum absolute atomic E-state index is 11.7. The minimum absolute atomic E-state index is 0.133. The summed E-state index contributed by atoms with van der Waals surface area (Å²) >= 11 is 6.59. The summed E-state index contributed by atoms with van der Waals surface area (Å²) in [5.74, 6) is 0.637. The highest BCUT2D eigenvalue weighted by Crippen LogP contribution is 2.40. The third kappa shape index (κ3) is 3.46. The number of nitrogens with zero attached hydrogens (tertiary/aromatic N) is 4. The maximum atomic E-state index is 11.7. The lowest BCUT2D eigenvalue weighted by molar-refractivity contribution is -0.384. The first kappa shape index (κ1) is 19.8. The lowest BCUT2D eigenvalue weighted by atomic mass is 10.0. The Kier molecular flexibility index (Phi) is 5.09. The predicted molar refractivity (Wildman–Crippen MR) is 115 cm³/mol. The molecule has 3 aromatic heterocycles. The summed E-state index contributed by atoms with van der Waals surface area (Å²) in [7, 11) is 0. The quantitative estimate of drug-likeness (QED) is 0.327. The molecular formula is C21H18ClN5O3. The Balaban J connectivity index is 1.88. The average molecular weight is 424 g/mol. The van der Waals surface area contributed by atoms with Gasteiger partial charge in [0, 0.05) is 27.7 Å². The summed E-state index contributed by atoms with van der Waals surface area (Å²) in [6.45, 7) is 5.52. The van der Waals surface area contributed by atoms with E-state index in [9.17, 15) is 10.1 Å². The monoisotopic (exact) mass is 423 g/mol. The van der Waals surface area contributed by atoms with Crippen LogP contribution in [0, 0.1) is 24.0 Å². The SMILES string of the molecule is Cc1noc(C)c1-c1cc2ncc([N+](=O)[O-])c(N[C@H](C)c3ccccn3)c2cc1Cl. The van der Waals surface area contributed by atoms with E-state index in [-0.39, 0.29) is 11.7 Å². The smallest absolute Gasteiger partial charge is 0.311 e. The molecule has 9 heteroatoms. The number of nitrogens with one attached hydrogen (secondary N) is 1. The van der Waals surface area contributed by atoms with Gasteiger partial charge in [-0.15, -0.1) is 0 Å². The van der Waals surface area contributed by atoms with E-state index in [1.54, 1.807) is 25.3 Å². The summed E-state index contributed by atoms with van der Waals surface area (Å²) < 4.78 is 5.26. The van der Waals surface area contributed by atoms with Crippen LogP contribution < -0.4 is 5.32 Å². The molecule has 3 heterocycles. The van der Waals surface area contributed by atoms with Crippen LogP contribution in [0.5, 0.6) is 0 Å². The Morgan fingerprint density at radius 2 is 2.03 bits per heavy atom. The fourth-order valence-corrected chi connectivity index (χ4v) is 3.73. The minimum atomic E-state index is -0.462. The maximum Gasteiger partial charge on any atom is 0.311 e. The molecule has 0 saturated heterocycles. The van der Waals surface area contributed by atoms with Crippen LogP contribution in [-0.4, -0.2) is 20.0 Å². The van der Waals surface area contributed by atoms with E-state index in [0.29, 0.717) is 38.6 Å². The molecule has 0 amide bonds. The van der Waals surface area contributed by atoms with Crippen molar-refractivity contribution in [1.82, 2.24) is 15.1 Å². The number of benzene rings is 1. The number of anilines is 1. The number of aryl methyl sites for hydroxylation is 2. The van der Waals surface area contributed by atoms with Crippen LogP contribution >= 0.6 is 11.6 Å². The van der Waals surface area contributed by atoms with Gasteiger partial charge in [0.25, 0.3) is 0 Å². The molecule has 0 saturated carbocycles. The topological polar surface area (TPSA) is 107 Å². The second-order valence-electron chi connectivity index (χ2n) is 6.94. The van der Waals surface area contributed by atoms with Crippen LogP contribution in [0.4, 0.5) is 11.4 Å². The van der Waals surface area contributed by atoms with Gasteiger partial charge in [-0.3, -0.25) is 15.1 Å². The van der Waals surface area contributed by atoms with Gasteiger partial charge in [-0.1, -0.05) is 22.8 Å². The molecule has 0 aliphatic heterocycles. The van der Waals surface area contributed by atoms with E-state index in [1.807, 2.05) is 32.0 Å². The average Bonchev–Trinajstić information content (AvgIpc) is 3.06. The van der Waals surface area contributed by atoms with E-state index < -0.39 is 4.92 Å². The number of aromatic nitrogens is 3. The van der Waals surface area contributed by atoms with Gasteiger partial charge in [-0.25, -0.2) is 4.98 Å². The van der Waals surface area contributed by atoms with Crippen molar-refractivity contribution in [3.8, 4) is 11.1 Å². The highest BCUT2D eigenvalue weighted by molar-refractivity contribution is 6.34. The molecule has 0 aliphatic rings. The number of nitro groups is 1. The normalized spacial score (nSPS) is 12.1. The van der Waals surface area contributed by atoms with Crippen molar-refractivity contribution in [2.75, 3.05) is 5.32 Å². The Morgan fingerprint density at radius 1 is 1.23 bits per heavy atom. The molecule has 8 nitrogen and oxygen atoms in total. The van der Waals surface area contributed by atoms with Crippen LogP contribution in [0.15, 0.2) is 47.2 Å². The highest BCUT2D eigenvalue weighted by Gasteiger charge is 2.23. The Hall–Kier alpha value is -3.52. The molecule has 30 heavy (non-hydrogen) atoms. The van der Waals surface area contributed by atoms with Crippen LogP contribution in [0.1, 0.15) is 30.1 Å². The van der Waals surface area contributed by atoms with Crippen molar-refractivity contribution in [2.24, 2.45) is 0 Å². The lowest BCUT2D eigenvalue weighted by Crippen LogP contribution is -2.10. The molecule has 4 rings (SSSR count). The van der Waals surface area contributed by atoms with Gasteiger partial charge >= 0.3 is 5.69 Å².